The summed E-state index contributed by atoms with van der Waals surface area (Å²) < 4.78 is 2.40. The Morgan fingerprint density at radius 1 is 1.20 bits per heavy atom. The Bertz CT molecular complexity index is 528. The Labute approximate surface area is 122 Å². The minimum absolute atomic E-state index is 0.961. The second kappa shape index (κ2) is 7.46. The Morgan fingerprint density at radius 2 is 2.05 bits per heavy atom. The van der Waals surface area contributed by atoms with E-state index in [1.165, 1.54) is 29.3 Å². The van der Waals surface area contributed by atoms with Gasteiger partial charge in [-0.05, 0) is 57.0 Å². The first-order valence-corrected chi connectivity index (χ1v) is 7.64. The lowest BCUT2D eigenvalue weighted by atomic mass is 10.1. The fraction of sp³-hybridized carbons (Fsp3) is 0.529. The van der Waals surface area contributed by atoms with Crippen LogP contribution in [0.15, 0.2) is 30.5 Å². The van der Waals surface area contributed by atoms with Gasteiger partial charge >= 0.3 is 0 Å². The molecule has 0 aliphatic heterocycles. The lowest BCUT2D eigenvalue weighted by Crippen LogP contribution is -2.16. The van der Waals surface area contributed by atoms with Gasteiger partial charge in [0.2, 0.25) is 0 Å². The molecule has 0 atom stereocenters. The number of nitrogens with one attached hydrogen (secondary N) is 1. The van der Waals surface area contributed by atoms with E-state index in [1.54, 1.807) is 0 Å². The summed E-state index contributed by atoms with van der Waals surface area (Å²) in [6, 6.07) is 8.85. The highest BCUT2D eigenvalue weighted by Gasteiger charge is 2.06. The summed E-state index contributed by atoms with van der Waals surface area (Å²) in [5.74, 6) is 0. The zero-order chi connectivity index (χ0) is 14.4. The van der Waals surface area contributed by atoms with Crippen molar-refractivity contribution in [3.05, 3.63) is 36.0 Å². The molecule has 0 bridgehead atoms. The summed E-state index contributed by atoms with van der Waals surface area (Å²) in [5.41, 5.74) is 2.81. The number of aryl methyl sites for hydroxylation is 1. The molecule has 3 nitrogen and oxygen atoms in total. The third-order valence-corrected chi connectivity index (χ3v) is 3.62. The molecule has 20 heavy (non-hydrogen) atoms. The van der Waals surface area contributed by atoms with Gasteiger partial charge in [0, 0.05) is 19.3 Å². The molecule has 0 unspecified atom stereocenters. The maximum Gasteiger partial charge on any atom is 0.0525 e. The first kappa shape index (κ1) is 15.1. The van der Waals surface area contributed by atoms with Crippen molar-refractivity contribution in [1.82, 2.24) is 14.8 Å². The van der Waals surface area contributed by atoms with E-state index in [1.807, 2.05) is 0 Å². The second-order valence-corrected chi connectivity index (χ2v) is 5.70. The topological polar surface area (TPSA) is 20.2 Å². The molecule has 0 saturated carbocycles. The first-order chi connectivity index (χ1) is 9.72. The van der Waals surface area contributed by atoms with Crippen LogP contribution in [0.2, 0.25) is 0 Å². The number of aromatic nitrogens is 1. The molecule has 1 N–H and O–H groups in total. The van der Waals surface area contributed by atoms with E-state index < -0.39 is 0 Å². The Balaban J connectivity index is 2.13. The summed E-state index contributed by atoms with van der Waals surface area (Å²) in [6.45, 7) is 6.47. The number of para-hydroxylation sites is 1. The van der Waals surface area contributed by atoms with Crippen molar-refractivity contribution in [2.75, 3.05) is 27.2 Å². The smallest absolute Gasteiger partial charge is 0.0525 e. The predicted molar refractivity (Wildman–Crippen MR) is 87.1 cm³/mol. The van der Waals surface area contributed by atoms with E-state index in [2.05, 4.69) is 66.3 Å². The molecular weight excluding hydrogens is 246 g/mol. The van der Waals surface area contributed by atoms with Crippen LogP contribution in [0, 0.1) is 0 Å². The van der Waals surface area contributed by atoms with Crippen LogP contribution in [0.25, 0.3) is 10.9 Å². The van der Waals surface area contributed by atoms with E-state index >= 15 is 0 Å². The molecule has 0 fully saturated rings. The average Bonchev–Trinajstić information content (AvgIpc) is 2.83. The fourth-order valence-corrected chi connectivity index (χ4v) is 2.63. The summed E-state index contributed by atoms with van der Waals surface area (Å²) in [7, 11) is 4.27. The monoisotopic (exact) mass is 273 g/mol. The highest BCUT2D eigenvalue weighted by atomic mass is 15.1. The highest BCUT2D eigenvalue weighted by Crippen LogP contribution is 2.20. The van der Waals surface area contributed by atoms with Gasteiger partial charge in [0.1, 0.15) is 0 Å². The van der Waals surface area contributed by atoms with Gasteiger partial charge in [-0.15, -0.1) is 0 Å². The van der Waals surface area contributed by atoms with Crippen molar-refractivity contribution in [3.63, 3.8) is 0 Å². The maximum atomic E-state index is 3.51. The zero-order valence-corrected chi connectivity index (χ0v) is 13.0. The molecule has 0 aliphatic carbocycles. The summed E-state index contributed by atoms with van der Waals surface area (Å²) in [5, 5.41) is 4.87. The molecule has 1 heterocycles. The van der Waals surface area contributed by atoms with Gasteiger partial charge in [0.05, 0.1) is 5.52 Å². The van der Waals surface area contributed by atoms with Gasteiger partial charge < -0.3 is 14.8 Å². The van der Waals surface area contributed by atoms with Gasteiger partial charge in [-0.3, -0.25) is 0 Å². The molecule has 1 aromatic heterocycles. The summed E-state index contributed by atoms with van der Waals surface area (Å²) in [4.78, 5) is 2.25. The van der Waals surface area contributed by atoms with Gasteiger partial charge in [-0.25, -0.2) is 0 Å². The maximum absolute atomic E-state index is 3.51. The molecule has 1 aromatic carbocycles. The molecule has 0 aliphatic rings. The lowest BCUT2D eigenvalue weighted by molar-refractivity contribution is 0.388. The summed E-state index contributed by atoms with van der Waals surface area (Å²) in [6.07, 6.45) is 4.59. The molecule has 110 valence electrons. The third kappa shape index (κ3) is 3.84. The molecule has 0 amide bonds. The number of nitrogens with zero attached hydrogens (tertiary/aromatic N) is 2. The lowest BCUT2D eigenvalue weighted by Gasteiger charge is -2.13. The van der Waals surface area contributed by atoms with Crippen LogP contribution in [-0.2, 0) is 13.1 Å². The molecule has 2 aromatic rings. The van der Waals surface area contributed by atoms with Crippen LogP contribution in [0.5, 0.6) is 0 Å². The molecular formula is C17H27N3. The minimum Gasteiger partial charge on any atom is -0.347 e. The average molecular weight is 273 g/mol. The Kier molecular flexibility index (Phi) is 5.62. The molecule has 0 spiro atoms. The number of hydrogen-bond donors (Lipinski definition) is 1. The number of benzene rings is 1. The third-order valence-electron chi connectivity index (χ3n) is 3.62. The highest BCUT2D eigenvalue weighted by molar-refractivity contribution is 5.83. The van der Waals surface area contributed by atoms with Crippen molar-refractivity contribution < 1.29 is 0 Å². The SMILES string of the molecule is CCCNCc1cccc2ccn(CCCN(C)C)c12. The van der Waals surface area contributed by atoms with Gasteiger partial charge in [-0.2, -0.15) is 0 Å². The van der Waals surface area contributed by atoms with Crippen LogP contribution >= 0.6 is 0 Å². The molecule has 0 saturated heterocycles. The summed E-state index contributed by atoms with van der Waals surface area (Å²) >= 11 is 0. The molecule has 0 radical (unpaired) electrons. The van der Waals surface area contributed by atoms with E-state index in [0.717, 1.165) is 26.2 Å². The van der Waals surface area contributed by atoms with E-state index in [0.29, 0.717) is 0 Å². The number of rotatable bonds is 8. The van der Waals surface area contributed by atoms with Crippen LogP contribution in [0.4, 0.5) is 0 Å². The molecule has 3 heteroatoms. The first-order valence-electron chi connectivity index (χ1n) is 7.64. The van der Waals surface area contributed by atoms with Crippen molar-refractivity contribution >= 4 is 10.9 Å². The number of hydrogen-bond acceptors (Lipinski definition) is 2. The standard InChI is InChI=1S/C17H27N3/c1-4-10-18-14-16-8-5-7-15-9-13-20(17(15)16)12-6-11-19(2)3/h5,7-9,13,18H,4,6,10-12,14H2,1-3H3. The quantitative estimate of drug-likeness (QED) is 0.746. The van der Waals surface area contributed by atoms with Gasteiger partial charge in [-0.1, -0.05) is 25.1 Å². The largest absolute Gasteiger partial charge is 0.347 e. The Morgan fingerprint density at radius 3 is 2.80 bits per heavy atom. The molecule has 2 rings (SSSR count). The number of fused-ring (bicyclic) bond motifs is 1. The van der Waals surface area contributed by atoms with Crippen LogP contribution < -0.4 is 5.32 Å². The zero-order valence-electron chi connectivity index (χ0n) is 13.0. The van der Waals surface area contributed by atoms with Gasteiger partial charge in [0.15, 0.2) is 0 Å². The van der Waals surface area contributed by atoms with Crippen LogP contribution in [0.1, 0.15) is 25.3 Å². The fourth-order valence-electron chi connectivity index (χ4n) is 2.63. The van der Waals surface area contributed by atoms with Crippen molar-refractivity contribution in [1.29, 1.82) is 0 Å². The Hall–Kier alpha value is -1.32. The van der Waals surface area contributed by atoms with Crippen molar-refractivity contribution in [2.24, 2.45) is 0 Å². The second-order valence-electron chi connectivity index (χ2n) is 5.70. The minimum atomic E-state index is 0.961. The normalized spacial score (nSPS) is 11.6. The predicted octanol–water partition coefficient (Wildman–Crippen LogP) is 3.09. The van der Waals surface area contributed by atoms with Gasteiger partial charge in [0.25, 0.3) is 0 Å². The van der Waals surface area contributed by atoms with Crippen LogP contribution in [0.3, 0.4) is 0 Å². The van der Waals surface area contributed by atoms with E-state index in [-0.39, 0.29) is 0 Å². The van der Waals surface area contributed by atoms with Crippen LogP contribution in [-0.4, -0.2) is 36.7 Å². The van der Waals surface area contributed by atoms with E-state index in [4.69, 9.17) is 0 Å². The van der Waals surface area contributed by atoms with Crippen molar-refractivity contribution in [3.8, 4) is 0 Å². The van der Waals surface area contributed by atoms with E-state index in [9.17, 15) is 0 Å². The van der Waals surface area contributed by atoms with Crippen molar-refractivity contribution in [2.45, 2.75) is 32.9 Å².